The van der Waals surface area contributed by atoms with Crippen molar-refractivity contribution in [3.8, 4) is 0 Å². The van der Waals surface area contributed by atoms with Crippen molar-refractivity contribution in [2.45, 2.75) is 57.2 Å². The number of anilines is 1. The molecule has 4 aliphatic rings. The molecule has 6 rings (SSSR count). The molecule has 3 aliphatic heterocycles. The van der Waals surface area contributed by atoms with Gasteiger partial charge in [0, 0.05) is 44.6 Å². The van der Waals surface area contributed by atoms with E-state index in [1.807, 2.05) is 4.90 Å². The average molecular weight is 460 g/mol. The molecule has 9 nitrogen and oxygen atoms in total. The quantitative estimate of drug-likeness (QED) is 0.674. The topological polar surface area (TPSA) is 89.3 Å². The van der Waals surface area contributed by atoms with E-state index in [1.54, 1.807) is 0 Å². The zero-order valence-corrected chi connectivity index (χ0v) is 19.1. The van der Waals surface area contributed by atoms with Gasteiger partial charge in [0.1, 0.15) is 0 Å². The number of rotatable bonds is 2. The number of amides is 1. The third-order valence-corrected chi connectivity index (χ3v) is 8.33. The standard InChI is InChI=1S/C22H29N5O4S/c28-18(25-10-7-22(8-11-25)30-12-13-31-22)15-4-3-9-26(14-15)21-24-27-19(29)16-5-1-2-6-17(16)23-20(27)32-21/h15H,1-14H2/t15-/m1/s1. The predicted molar refractivity (Wildman–Crippen MR) is 119 cm³/mol. The minimum Gasteiger partial charge on any atom is -0.347 e. The van der Waals surface area contributed by atoms with E-state index in [2.05, 4.69) is 10.00 Å². The first-order valence-electron chi connectivity index (χ1n) is 11.9. The smallest absolute Gasteiger partial charge is 0.278 e. The van der Waals surface area contributed by atoms with Crippen LogP contribution in [0, 0.1) is 5.92 Å². The molecule has 10 heteroatoms. The first kappa shape index (κ1) is 20.6. The normalized spacial score (nSPS) is 25.4. The van der Waals surface area contributed by atoms with Gasteiger partial charge in [-0.05, 0) is 38.5 Å². The molecule has 172 valence electrons. The second kappa shape index (κ2) is 8.07. The van der Waals surface area contributed by atoms with Gasteiger partial charge in [-0.2, -0.15) is 4.52 Å². The summed E-state index contributed by atoms with van der Waals surface area (Å²) < 4.78 is 13.1. The van der Waals surface area contributed by atoms with E-state index < -0.39 is 5.79 Å². The number of hydrogen-bond donors (Lipinski definition) is 0. The lowest BCUT2D eigenvalue weighted by Crippen LogP contribution is -2.51. The summed E-state index contributed by atoms with van der Waals surface area (Å²) in [6, 6.07) is 0. The van der Waals surface area contributed by atoms with Crippen LogP contribution < -0.4 is 10.5 Å². The second-order valence-electron chi connectivity index (χ2n) is 9.35. The molecule has 3 fully saturated rings. The van der Waals surface area contributed by atoms with Gasteiger partial charge < -0.3 is 19.3 Å². The van der Waals surface area contributed by atoms with Crippen molar-refractivity contribution in [3.63, 3.8) is 0 Å². The number of hydrogen-bond acceptors (Lipinski definition) is 8. The van der Waals surface area contributed by atoms with Crippen LogP contribution in [-0.4, -0.2) is 70.6 Å². The number of ether oxygens (including phenoxy) is 2. The summed E-state index contributed by atoms with van der Waals surface area (Å²) in [6.07, 6.45) is 7.12. The van der Waals surface area contributed by atoms with Gasteiger partial charge in [0.05, 0.1) is 24.8 Å². The summed E-state index contributed by atoms with van der Waals surface area (Å²) in [5, 5.41) is 5.42. The molecule has 5 heterocycles. The maximum atomic E-state index is 13.3. The summed E-state index contributed by atoms with van der Waals surface area (Å²) >= 11 is 1.46. The molecule has 1 spiro atoms. The Bertz CT molecular complexity index is 1080. The van der Waals surface area contributed by atoms with Crippen LogP contribution in [0.1, 0.15) is 49.8 Å². The second-order valence-corrected chi connectivity index (χ2v) is 10.3. The lowest BCUT2D eigenvalue weighted by atomic mass is 9.95. The van der Waals surface area contributed by atoms with Gasteiger partial charge in [0.2, 0.25) is 16.0 Å². The fourth-order valence-electron chi connectivity index (χ4n) is 5.55. The average Bonchev–Trinajstić information content (AvgIpc) is 3.47. The molecule has 3 saturated heterocycles. The van der Waals surface area contributed by atoms with Crippen LogP contribution in [0.2, 0.25) is 0 Å². The number of nitrogens with zero attached hydrogens (tertiary/aromatic N) is 5. The highest BCUT2D eigenvalue weighted by molar-refractivity contribution is 7.20. The van der Waals surface area contributed by atoms with E-state index in [0.29, 0.717) is 37.8 Å². The van der Waals surface area contributed by atoms with E-state index in [0.717, 1.165) is 74.3 Å². The van der Waals surface area contributed by atoms with E-state index in [4.69, 9.17) is 14.5 Å². The third-order valence-electron chi connectivity index (χ3n) is 7.36. The molecule has 2 aromatic heterocycles. The lowest BCUT2D eigenvalue weighted by molar-refractivity contribution is -0.188. The number of piperidine rings is 2. The maximum Gasteiger partial charge on any atom is 0.278 e. The molecule has 0 bridgehead atoms. The molecule has 0 unspecified atom stereocenters. The van der Waals surface area contributed by atoms with Crippen molar-refractivity contribution >= 4 is 27.3 Å². The third kappa shape index (κ3) is 3.52. The van der Waals surface area contributed by atoms with Crippen LogP contribution in [-0.2, 0) is 27.1 Å². The Morgan fingerprint density at radius 1 is 1.06 bits per heavy atom. The Morgan fingerprint density at radius 2 is 1.84 bits per heavy atom. The highest BCUT2D eigenvalue weighted by atomic mass is 32.1. The Hall–Kier alpha value is -2.04. The molecule has 1 atom stereocenters. The van der Waals surface area contributed by atoms with Gasteiger partial charge in [0.25, 0.3) is 5.56 Å². The van der Waals surface area contributed by atoms with Gasteiger partial charge in [0.15, 0.2) is 5.79 Å². The number of fused-ring (bicyclic) bond motifs is 2. The van der Waals surface area contributed by atoms with Gasteiger partial charge in [-0.15, -0.1) is 5.10 Å². The fourth-order valence-corrected chi connectivity index (χ4v) is 6.50. The number of carbonyl (C=O) groups is 1. The van der Waals surface area contributed by atoms with Crippen LogP contribution in [0.15, 0.2) is 4.79 Å². The first-order chi connectivity index (χ1) is 15.6. The van der Waals surface area contributed by atoms with Crippen molar-refractivity contribution in [2.75, 3.05) is 44.3 Å². The zero-order valence-electron chi connectivity index (χ0n) is 18.3. The maximum absolute atomic E-state index is 13.3. The van der Waals surface area contributed by atoms with Crippen LogP contribution in [0.4, 0.5) is 5.13 Å². The molecule has 2 aromatic rings. The Morgan fingerprint density at radius 3 is 2.66 bits per heavy atom. The van der Waals surface area contributed by atoms with E-state index >= 15 is 0 Å². The zero-order chi connectivity index (χ0) is 21.7. The van der Waals surface area contributed by atoms with E-state index in [1.165, 1.54) is 15.9 Å². The predicted octanol–water partition coefficient (Wildman–Crippen LogP) is 1.61. The van der Waals surface area contributed by atoms with Gasteiger partial charge in [-0.1, -0.05) is 11.3 Å². The highest BCUT2D eigenvalue weighted by Crippen LogP contribution is 2.33. The molecule has 32 heavy (non-hydrogen) atoms. The lowest BCUT2D eigenvalue weighted by Gasteiger charge is -2.40. The van der Waals surface area contributed by atoms with E-state index in [-0.39, 0.29) is 17.4 Å². The van der Waals surface area contributed by atoms with Gasteiger partial charge in [-0.25, -0.2) is 4.98 Å². The number of aromatic nitrogens is 3. The van der Waals surface area contributed by atoms with E-state index in [9.17, 15) is 9.59 Å². The van der Waals surface area contributed by atoms with Gasteiger partial charge >= 0.3 is 0 Å². The SMILES string of the molecule is O=C([C@@H]1CCCN(c2nn3c(=O)c4c(nc3s2)CCCC4)C1)N1CCC2(CC1)OCCO2. The fraction of sp³-hybridized carbons (Fsp3) is 0.727. The highest BCUT2D eigenvalue weighted by Gasteiger charge is 2.42. The Kier molecular flexibility index (Phi) is 5.19. The molecule has 0 radical (unpaired) electrons. The minimum absolute atomic E-state index is 0.0181. The van der Waals surface area contributed by atoms with Crippen molar-refractivity contribution in [3.05, 3.63) is 21.6 Å². The molecule has 1 aliphatic carbocycles. The number of carbonyl (C=O) groups excluding carboxylic acids is 1. The summed E-state index contributed by atoms with van der Waals surface area (Å²) in [6.45, 7) is 4.15. The Balaban J connectivity index is 1.17. The van der Waals surface area contributed by atoms with Crippen LogP contribution >= 0.6 is 11.3 Å². The molecular weight excluding hydrogens is 430 g/mol. The molecule has 0 saturated carbocycles. The van der Waals surface area contributed by atoms with Crippen LogP contribution in [0.3, 0.4) is 0 Å². The molecule has 0 N–H and O–H groups in total. The van der Waals surface area contributed by atoms with Gasteiger partial charge in [-0.3, -0.25) is 9.59 Å². The van der Waals surface area contributed by atoms with Crippen molar-refractivity contribution in [2.24, 2.45) is 5.92 Å². The summed E-state index contributed by atoms with van der Waals surface area (Å²) in [4.78, 5) is 35.7. The summed E-state index contributed by atoms with van der Waals surface area (Å²) in [5.74, 6) is -0.293. The number of aryl methyl sites for hydroxylation is 1. The molecular formula is C22H29N5O4S. The first-order valence-corrected chi connectivity index (χ1v) is 12.7. The van der Waals surface area contributed by atoms with Crippen LogP contribution in [0.25, 0.3) is 4.96 Å². The Labute approximate surface area is 190 Å². The minimum atomic E-state index is -0.462. The van der Waals surface area contributed by atoms with Crippen molar-refractivity contribution in [1.82, 2.24) is 19.5 Å². The number of likely N-dealkylation sites (tertiary alicyclic amines) is 1. The van der Waals surface area contributed by atoms with Crippen LogP contribution in [0.5, 0.6) is 0 Å². The monoisotopic (exact) mass is 459 g/mol. The summed E-state index contributed by atoms with van der Waals surface area (Å²) in [5.41, 5.74) is 1.76. The molecule has 1 amide bonds. The molecule has 0 aromatic carbocycles. The largest absolute Gasteiger partial charge is 0.347 e. The van der Waals surface area contributed by atoms with Crippen molar-refractivity contribution in [1.29, 1.82) is 0 Å². The summed E-state index contributed by atoms with van der Waals surface area (Å²) in [7, 11) is 0. The van der Waals surface area contributed by atoms with Crippen molar-refractivity contribution < 1.29 is 14.3 Å².